The molecule has 0 unspecified atom stereocenters. The van der Waals surface area contributed by atoms with E-state index in [1.165, 1.54) is 24.0 Å². The predicted octanol–water partition coefficient (Wildman–Crippen LogP) is 4.01. The number of ether oxygens (including phenoxy) is 1. The molecule has 0 radical (unpaired) electrons. The van der Waals surface area contributed by atoms with Gasteiger partial charge in [-0.05, 0) is 55.8 Å². The monoisotopic (exact) mass is 399 g/mol. The molecule has 7 heteroatoms. The van der Waals surface area contributed by atoms with Crippen molar-refractivity contribution >= 4 is 34.9 Å². The van der Waals surface area contributed by atoms with Crippen molar-refractivity contribution in [3.05, 3.63) is 76.0 Å². The summed E-state index contributed by atoms with van der Waals surface area (Å²) in [5.74, 6) is -2.14. The fourth-order valence-electron chi connectivity index (χ4n) is 3.16. The van der Waals surface area contributed by atoms with E-state index in [0.717, 1.165) is 0 Å². The Morgan fingerprint density at radius 3 is 2.25 bits per heavy atom. The van der Waals surface area contributed by atoms with Crippen LogP contribution in [0.4, 0.5) is 5.69 Å². The molecule has 144 valence electrons. The smallest absolute Gasteiger partial charge is 0.338 e. The van der Waals surface area contributed by atoms with Gasteiger partial charge >= 0.3 is 5.97 Å². The zero-order chi connectivity index (χ0) is 20.4. The normalized spacial score (nSPS) is 16.5. The summed E-state index contributed by atoms with van der Waals surface area (Å²) in [6, 6.07) is 12.1. The van der Waals surface area contributed by atoms with Crippen LogP contribution in [0.2, 0.25) is 5.02 Å². The van der Waals surface area contributed by atoms with Crippen molar-refractivity contribution in [2.45, 2.75) is 19.9 Å². The summed E-state index contributed by atoms with van der Waals surface area (Å²) >= 11 is 5.95. The van der Waals surface area contributed by atoms with Gasteiger partial charge in [-0.1, -0.05) is 23.7 Å². The molecule has 3 rings (SSSR count). The lowest BCUT2D eigenvalue weighted by Crippen LogP contribution is -2.30. The maximum absolute atomic E-state index is 12.7. The Bertz CT molecular complexity index is 963. The van der Waals surface area contributed by atoms with Gasteiger partial charge in [0, 0.05) is 10.7 Å². The average molecular weight is 400 g/mol. The number of aliphatic hydroxyl groups excluding tert-OH is 1. The van der Waals surface area contributed by atoms with Gasteiger partial charge in [-0.15, -0.1) is 0 Å². The van der Waals surface area contributed by atoms with Crippen LogP contribution >= 0.6 is 11.6 Å². The van der Waals surface area contributed by atoms with Crippen molar-refractivity contribution in [1.29, 1.82) is 0 Å². The SMILES string of the molecule is CCOC(=O)c1ccc(N2C(=O)C(O)=C(C(C)=O)[C@H]2c2ccc(Cl)cc2)cc1. The van der Waals surface area contributed by atoms with Crippen LogP contribution < -0.4 is 4.90 Å². The first kappa shape index (κ1) is 19.6. The summed E-state index contributed by atoms with van der Waals surface area (Å²) in [6.45, 7) is 3.27. The number of amides is 1. The lowest BCUT2D eigenvalue weighted by Gasteiger charge is -2.26. The van der Waals surface area contributed by atoms with Crippen LogP contribution in [-0.4, -0.2) is 29.4 Å². The molecule has 6 nitrogen and oxygen atoms in total. The molecule has 0 saturated carbocycles. The van der Waals surface area contributed by atoms with Crippen LogP contribution in [0.25, 0.3) is 0 Å². The number of ketones is 1. The Morgan fingerprint density at radius 2 is 1.71 bits per heavy atom. The van der Waals surface area contributed by atoms with Gasteiger partial charge in [0.25, 0.3) is 5.91 Å². The standard InChI is InChI=1S/C21H18ClNO5/c1-3-28-21(27)14-6-10-16(11-7-14)23-18(13-4-8-15(22)9-5-13)17(12(2)24)19(25)20(23)26/h4-11,18,25H,3H2,1-2H3/t18-/m1/s1. The number of aliphatic hydroxyl groups is 1. The summed E-state index contributed by atoms with van der Waals surface area (Å²) in [4.78, 5) is 38.1. The molecule has 1 amide bonds. The number of halogens is 1. The van der Waals surface area contributed by atoms with Crippen molar-refractivity contribution in [3.63, 3.8) is 0 Å². The minimum atomic E-state index is -0.796. The van der Waals surface area contributed by atoms with Crippen LogP contribution in [0.15, 0.2) is 59.9 Å². The molecule has 2 aromatic carbocycles. The molecule has 1 atom stereocenters. The second kappa shape index (κ2) is 7.86. The Labute approximate surface area is 167 Å². The number of carbonyl (C=O) groups is 3. The minimum absolute atomic E-state index is 0.0155. The largest absolute Gasteiger partial charge is 0.503 e. The van der Waals surface area contributed by atoms with Crippen LogP contribution in [-0.2, 0) is 14.3 Å². The zero-order valence-electron chi connectivity index (χ0n) is 15.3. The molecule has 1 aliphatic rings. The number of anilines is 1. The number of hydrogen-bond acceptors (Lipinski definition) is 5. The third kappa shape index (κ3) is 3.51. The highest BCUT2D eigenvalue weighted by Gasteiger charge is 2.43. The maximum Gasteiger partial charge on any atom is 0.338 e. The number of nitrogens with zero attached hydrogens (tertiary/aromatic N) is 1. The van der Waals surface area contributed by atoms with Crippen LogP contribution in [0.5, 0.6) is 0 Å². The van der Waals surface area contributed by atoms with Gasteiger partial charge in [0.1, 0.15) is 0 Å². The third-order valence-electron chi connectivity index (χ3n) is 4.43. The number of Topliss-reactive ketones (excluding diaryl/α,β-unsaturated/α-hetero) is 1. The fraction of sp³-hybridized carbons (Fsp3) is 0.190. The van der Waals surface area contributed by atoms with Crippen molar-refractivity contribution in [1.82, 2.24) is 0 Å². The highest BCUT2D eigenvalue weighted by molar-refractivity contribution is 6.30. The quantitative estimate of drug-likeness (QED) is 0.768. The predicted molar refractivity (Wildman–Crippen MR) is 104 cm³/mol. The van der Waals surface area contributed by atoms with Crippen molar-refractivity contribution in [2.24, 2.45) is 0 Å². The van der Waals surface area contributed by atoms with Gasteiger partial charge < -0.3 is 9.84 Å². The van der Waals surface area contributed by atoms with E-state index in [0.29, 0.717) is 21.8 Å². The zero-order valence-corrected chi connectivity index (χ0v) is 16.1. The van der Waals surface area contributed by atoms with E-state index >= 15 is 0 Å². The summed E-state index contributed by atoms with van der Waals surface area (Å²) in [5, 5.41) is 10.8. The number of rotatable bonds is 5. The molecule has 0 fully saturated rings. The first-order chi connectivity index (χ1) is 13.3. The molecule has 28 heavy (non-hydrogen) atoms. The lowest BCUT2D eigenvalue weighted by atomic mass is 9.96. The Hall–Kier alpha value is -3.12. The molecule has 0 aromatic heterocycles. The van der Waals surface area contributed by atoms with Gasteiger partial charge in [0.05, 0.1) is 23.8 Å². The Morgan fingerprint density at radius 1 is 1.11 bits per heavy atom. The average Bonchev–Trinajstić information content (AvgIpc) is 2.94. The summed E-state index contributed by atoms with van der Waals surface area (Å²) in [7, 11) is 0. The molecule has 1 N–H and O–H groups in total. The molecular formula is C21H18ClNO5. The van der Waals surface area contributed by atoms with E-state index in [-0.39, 0.29) is 12.2 Å². The van der Waals surface area contributed by atoms with Crippen LogP contribution in [0.3, 0.4) is 0 Å². The Balaban J connectivity index is 2.05. The molecule has 0 aliphatic carbocycles. The number of benzene rings is 2. The van der Waals surface area contributed by atoms with Crippen LogP contribution in [0, 0.1) is 0 Å². The minimum Gasteiger partial charge on any atom is -0.503 e. The first-order valence-electron chi connectivity index (χ1n) is 8.65. The molecule has 0 saturated heterocycles. The molecule has 2 aromatic rings. The molecule has 1 aliphatic heterocycles. The summed E-state index contributed by atoms with van der Waals surface area (Å²) in [6.07, 6.45) is 0. The van der Waals surface area contributed by atoms with Crippen molar-refractivity contribution in [3.8, 4) is 0 Å². The highest BCUT2D eigenvalue weighted by Crippen LogP contribution is 2.41. The second-order valence-corrected chi connectivity index (χ2v) is 6.65. The van der Waals surface area contributed by atoms with Crippen LogP contribution in [0.1, 0.15) is 35.8 Å². The van der Waals surface area contributed by atoms with E-state index in [1.807, 2.05) is 0 Å². The van der Waals surface area contributed by atoms with E-state index in [4.69, 9.17) is 16.3 Å². The molecule has 0 bridgehead atoms. The maximum atomic E-state index is 12.7. The third-order valence-corrected chi connectivity index (χ3v) is 4.68. The molecule has 1 heterocycles. The van der Waals surface area contributed by atoms with E-state index in [1.54, 1.807) is 43.3 Å². The van der Waals surface area contributed by atoms with E-state index in [2.05, 4.69) is 0 Å². The van der Waals surface area contributed by atoms with Crippen molar-refractivity contribution in [2.75, 3.05) is 11.5 Å². The van der Waals surface area contributed by atoms with Gasteiger partial charge in [-0.3, -0.25) is 14.5 Å². The summed E-state index contributed by atoms with van der Waals surface area (Å²) in [5.41, 5.74) is 1.41. The van der Waals surface area contributed by atoms with Gasteiger partial charge in [0.2, 0.25) is 0 Å². The number of carbonyl (C=O) groups excluding carboxylic acids is 3. The van der Waals surface area contributed by atoms with E-state index < -0.39 is 29.5 Å². The van der Waals surface area contributed by atoms with E-state index in [9.17, 15) is 19.5 Å². The fourth-order valence-corrected chi connectivity index (χ4v) is 3.29. The van der Waals surface area contributed by atoms with Gasteiger partial charge in [-0.2, -0.15) is 0 Å². The first-order valence-corrected chi connectivity index (χ1v) is 9.03. The highest BCUT2D eigenvalue weighted by atomic mass is 35.5. The number of hydrogen-bond donors (Lipinski definition) is 1. The molecular weight excluding hydrogens is 382 g/mol. The second-order valence-electron chi connectivity index (χ2n) is 6.22. The Kier molecular flexibility index (Phi) is 5.51. The van der Waals surface area contributed by atoms with Crippen molar-refractivity contribution < 1.29 is 24.2 Å². The topological polar surface area (TPSA) is 83.9 Å². The number of esters is 1. The molecule has 0 spiro atoms. The lowest BCUT2D eigenvalue weighted by molar-refractivity contribution is -0.117. The van der Waals surface area contributed by atoms with Gasteiger partial charge in [0.15, 0.2) is 11.5 Å². The van der Waals surface area contributed by atoms with Gasteiger partial charge in [-0.25, -0.2) is 4.79 Å². The summed E-state index contributed by atoms with van der Waals surface area (Å²) < 4.78 is 4.96.